The van der Waals surface area contributed by atoms with Gasteiger partial charge < -0.3 is 14.4 Å². The number of ether oxygens (including phenoxy) is 2. The molecule has 0 aliphatic carbocycles. The molecule has 1 amide bonds. The summed E-state index contributed by atoms with van der Waals surface area (Å²) >= 11 is 1.53. The van der Waals surface area contributed by atoms with Gasteiger partial charge in [-0.25, -0.2) is 4.98 Å². The zero-order valence-electron chi connectivity index (χ0n) is 12.5. The van der Waals surface area contributed by atoms with Gasteiger partial charge in [-0.2, -0.15) is 0 Å². The van der Waals surface area contributed by atoms with Crippen LogP contribution >= 0.6 is 11.3 Å². The van der Waals surface area contributed by atoms with Gasteiger partial charge >= 0.3 is 5.97 Å². The van der Waals surface area contributed by atoms with Crippen LogP contribution in [0.1, 0.15) is 17.1 Å². The summed E-state index contributed by atoms with van der Waals surface area (Å²) in [6, 6.07) is 0. The summed E-state index contributed by atoms with van der Waals surface area (Å²) in [7, 11) is 2.89. The highest BCUT2D eigenvalue weighted by molar-refractivity contribution is 7.09. The van der Waals surface area contributed by atoms with E-state index in [4.69, 9.17) is 4.74 Å². The lowest BCUT2D eigenvalue weighted by atomic mass is 10.3. The Balaban J connectivity index is 2.60. The van der Waals surface area contributed by atoms with Gasteiger partial charge in [0.1, 0.15) is 0 Å². The Labute approximate surface area is 128 Å². The van der Waals surface area contributed by atoms with E-state index in [1.54, 1.807) is 18.1 Å². The molecular weight excluding hydrogens is 292 g/mol. The molecule has 0 fully saturated rings. The average Bonchev–Trinajstić information content (AvgIpc) is 2.90. The lowest BCUT2D eigenvalue weighted by molar-refractivity contribution is -0.141. The Bertz CT molecular complexity index is 499. The predicted molar refractivity (Wildman–Crippen MR) is 81.0 cm³/mol. The van der Waals surface area contributed by atoms with Crippen molar-refractivity contribution in [2.75, 3.05) is 33.9 Å². The van der Waals surface area contributed by atoms with Crippen LogP contribution in [0.3, 0.4) is 0 Å². The predicted octanol–water partition coefficient (Wildman–Crippen LogP) is 1.50. The highest BCUT2D eigenvalue weighted by Crippen LogP contribution is 2.09. The molecule has 0 aliphatic heterocycles. The Kier molecular flexibility index (Phi) is 7.63. The van der Waals surface area contributed by atoms with Crippen molar-refractivity contribution in [2.24, 2.45) is 0 Å². The molecule has 1 rings (SSSR count). The van der Waals surface area contributed by atoms with Gasteiger partial charge in [-0.3, -0.25) is 9.59 Å². The molecule has 6 nitrogen and oxygen atoms in total. The third-order valence-electron chi connectivity index (χ3n) is 2.72. The quantitative estimate of drug-likeness (QED) is 0.537. The van der Waals surface area contributed by atoms with Crippen molar-refractivity contribution in [2.45, 2.75) is 13.3 Å². The van der Waals surface area contributed by atoms with Gasteiger partial charge in [-0.05, 0) is 13.0 Å². The SMILES string of the molecule is COCCN(CCC(=O)OC)C(=O)/C=C/c1csc(C)n1. The maximum atomic E-state index is 12.1. The maximum absolute atomic E-state index is 12.1. The molecule has 0 radical (unpaired) electrons. The zero-order valence-corrected chi connectivity index (χ0v) is 13.3. The van der Waals surface area contributed by atoms with Crippen LogP contribution in [-0.4, -0.2) is 55.7 Å². The van der Waals surface area contributed by atoms with Gasteiger partial charge in [0.25, 0.3) is 0 Å². The number of thiazole rings is 1. The maximum Gasteiger partial charge on any atom is 0.307 e. The van der Waals surface area contributed by atoms with Gasteiger partial charge in [-0.15, -0.1) is 11.3 Å². The van der Waals surface area contributed by atoms with Crippen molar-refractivity contribution >= 4 is 29.3 Å². The van der Waals surface area contributed by atoms with Crippen LogP contribution < -0.4 is 0 Å². The van der Waals surface area contributed by atoms with E-state index in [-0.39, 0.29) is 18.3 Å². The average molecular weight is 312 g/mol. The molecule has 1 aromatic heterocycles. The summed E-state index contributed by atoms with van der Waals surface area (Å²) in [5.74, 6) is -0.522. The number of hydrogen-bond donors (Lipinski definition) is 0. The first-order chi connectivity index (χ1) is 10.1. The number of aromatic nitrogens is 1. The lowest BCUT2D eigenvalue weighted by Crippen LogP contribution is -2.34. The minimum absolute atomic E-state index is 0.162. The molecule has 1 aromatic rings. The molecule has 21 heavy (non-hydrogen) atoms. The van der Waals surface area contributed by atoms with Gasteiger partial charge in [0, 0.05) is 31.7 Å². The Morgan fingerprint density at radius 1 is 1.38 bits per heavy atom. The fourth-order valence-corrected chi connectivity index (χ4v) is 2.16. The number of carbonyl (C=O) groups is 2. The van der Waals surface area contributed by atoms with Crippen molar-refractivity contribution < 1.29 is 19.1 Å². The van der Waals surface area contributed by atoms with E-state index in [9.17, 15) is 9.59 Å². The third kappa shape index (κ3) is 6.50. The summed E-state index contributed by atoms with van der Waals surface area (Å²) in [6.07, 6.45) is 3.29. The minimum Gasteiger partial charge on any atom is -0.469 e. The number of amides is 1. The Morgan fingerprint density at radius 2 is 2.14 bits per heavy atom. The summed E-state index contributed by atoms with van der Waals surface area (Å²) in [5.41, 5.74) is 0.755. The molecule has 0 aromatic carbocycles. The lowest BCUT2D eigenvalue weighted by Gasteiger charge is -2.20. The molecule has 1 heterocycles. The van der Waals surface area contributed by atoms with Crippen LogP contribution in [0.25, 0.3) is 6.08 Å². The fourth-order valence-electron chi connectivity index (χ4n) is 1.58. The van der Waals surface area contributed by atoms with Crippen molar-refractivity contribution in [1.82, 2.24) is 9.88 Å². The van der Waals surface area contributed by atoms with Crippen LogP contribution in [0.15, 0.2) is 11.5 Å². The molecule has 0 aliphatic rings. The number of carbonyl (C=O) groups excluding carboxylic acids is 2. The van der Waals surface area contributed by atoms with Crippen molar-refractivity contribution in [3.8, 4) is 0 Å². The highest BCUT2D eigenvalue weighted by atomic mass is 32.1. The monoisotopic (exact) mass is 312 g/mol. The van der Waals surface area contributed by atoms with Crippen molar-refractivity contribution in [1.29, 1.82) is 0 Å². The number of hydrogen-bond acceptors (Lipinski definition) is 6. The molecule has 0 saturated carbocycles. The second-order valence-corrected chi connectivity index (χ2v) is 5.33. The number of nitrogens with zero attached hydrogens (tertiary/aromatic N) is 2. The molecule has 0 N–H and O–H groups in total. The third-order valence-corrected chi connectivity index (χ3v) is 3.52. The van der Waals surface area contributed by atoms with Crippen molar-refractivity contribution in [3.05, 3.63) is 22.2 Å². The van der Waals surface area contributed by atoms with Crippen LogP contribution in [-0.2, 0) is 19.1 Å². The van der Waals surface area contributed by atoms with Crippen LogP contribution in [0.4, 0.5) is 0 Å². The van der Waals surface area contributed by atoms with E-state index in [0.717, 1.165) is 10.7 Å². The van der Waals surface area contributed by atoms with Crippen LogP contribution in [0, 0.1) is 6.92 Å². The smallest absolute Gasteiger partial charge is 0.307 e. The van der Waals surface area contributed by atoms with E-state index in [1.165, 1.54) is 24.5 Å². The van der Waals surface area contributed by atoms with E-state index >= 15 is 0 Å². The summed E-state index contributed by atoms with van der Waals surface area (Å²) in [4.78, 5) is 29.1. The molecule has 7 heteroatoms. The summed E-state index contributed by atoms with van der Waals surface area (Å²) in [6.45, 7) is 3.05. The largest absolute Gasteiger partial charge is 0.469 e. The Morgan fingerprint density at radius 3 is 2.71 bits per heavy atom. The normalized spacial score (nSPS) is 10.8. The number of esters is 1. The van der Waals surface area contributed by atoms with Gasteiger partial charge in [0.05, 0.1) is 30.8 Å². The van der Waals surface area contributed by atoms with Crippen LogP contribution in [0.2, 0.25) is 0 Å². The molecule has 0 atom stereocenters. The van der Waals surface area contributed by atoms with Crippen molar-refractivity contribution in [3.63, 3.8) is 0 Å². The number of methoxy groups -OCH3 is 2. The number of rotatable bonds is 8. The molecule has 0 saturated heterocycles. The zero-order chi connectivity index (χ0) is 15.7. The first-order valence-electron chi connectivity index (χ1n) is 6.51. The standard InChI is InChI=1S/C14H20N2O4S/c1-11-15-12(10-21-11)4-5-13(17)16(8-9-19-2)7-6-14(18)20-3/h4-5,10H,6-9H2,1-3H3/b5-4+. The molecule has 0 spiro atoms. The van der Waals surface area contributed by atoms with E-state index < -0.39 is 0 Å². The van der Waals surface area contributed by atoms with E-state index in [0.29, 0.717) is 19.7 Å². The first kappa shape index (κ1) is 17.3. The van der Waals surface area contributed by atoms with Gasteiger partial charge in [-0.1, -0.05) is 0 Å². The minimum atomic E-state index is -0.343. The highest BCUT2D eigenvalue weighted by Gasteiger charge is 2.12. The summed E-state index contributed by atoms with van der Waals surface area (Å²) in [5, 5.41) is 2.83. The molecule has 116 valence electrons. The van der Waals surface area contributed by atoms with E-state index in [2.05, 4.69) is 9.72 Å². The van der Waals surface area contributed by atoms with Gasteiger partial charge in [0.2, 0.25) is 5.91 Å². The molecule has 0 bridgehead atoms. The second kappa shape index (κ2) is 9.25. The Hall–Kier alpha value is -1.73. The first-order valence-corrected chi connectivity index (χ1v) is 7.39. The number of aryl methyl sites for hydroxylation is 1. The molecular formula is C14H20N2O4S. The summed E-state index contributed by atoms with van der Waals surface area (Å²) < 4.78 is 9.56. The topological polar surface area (TPSA) is 68.7 Å². The van der Waals surface area contributed by atoms with Gasteiger partial charge in [0.15, 0.2) is 0 Å². The van der Waals surface area contributed by atoms with E-state index in [1.807, 2.05) is 12.3 Å². The fraction of sp³-hybridized carbons (Fsp3) is 0.500. The molecule has 0 unspecified atom stereocenters. The second-order valence-electron chi connectivity index (χ2n) is 4.27. The van der Waals surface area contributed by atoms with Crippen LogP contribution in [0.5, 0.6) is 0 Å².